The molecule has 0 aliphatic rings. The second-order valence-electron chi connectivity index (χ2n) is 5.12. The topological polar surface area (TPSA) is 69.6 Å². The van der Waals surface area contributed by atoms with Crippen LogP contribution in [0.4, 0.5) is 0 Å². The number of rotatable bonds is 8. The van der Waals surface area contributed by atoms with Crippen molar-refractivity contribution in [1.29, 1.82) is 0 Å². The van der Waals surface area contributed by atoms with Gasteiger partial charge in [-0.3, -0.25) is 14.5 Å². The largest absolute Gasteiger partial charge is 0.480 e. The first-order valence-corrected chi connectivity index (χ1v) is 7.23. The van der Waals surface area contributed by atoms with Gasteiger partial charge in [0, 0.05) is 17.6 Å². The number of benzene rings is 1. The van der Waals surface area contributed by atoms with Crippen LogP contribution in [0.5, 0.6) is 0 Å². The normalized spacial score (nSPS) is 10.9. The summed E-state index contributed by atoms with van der Waals surface area (Å²) in [6, 6.07) is 7.46. The van der Waals surface area contributed by atoms with Crippen molar-refractivity contribution in [2.45, 2.75) is 26.3 Å². The Hall–Kier alpha value is -1.59. The fraction of sp³-hybridized carbons (Fsp3) is 0.467. The predicted molar refractivity (Wildman–Crippen MR) is 82.5 cm³/mol. The van der Waals surface area contributed by atoms with E-state index in [9.17, 15) is 9.59 Å². The van der Waals surface area contributed by atoms with Crippen LogP contribution in [0, 0.1) is 0 Å². The summed E-state index contributed by atoms with van der Waals surface area (Å²) in [5, 5.41) is 12.3. The third-order valence-corrected chi connectivity index (χ3v) is 3.32. The molecule has 2 N–H and O–H groups in total. The summed E-state index contributed by atoms with van der Waals surface area (Å²) in [6.07, 6.45) is 0.712. The van der Waals surface area contributed by atoms with Crippen molar-refractivity contribution in [1.82, 2.24) is 10.2 Å². The zero-order valence-corrected chi connectivity index (χ0v) is 13.1. The summed E-state index contributed by atoms with van der Waals surface area (Å²) >= 11 is 5.80. The second-order valence-corrected chi connectivity index (χ2v) is 5.56. The summed E-state index contributed by atoms with van der Waals surface area (Å²) < 4.78 is 0. The van der Waals surface area contributed by atoms with Crippen LogP contribution in [0.1, 0.15) is 19.4 Å². The zero-order valence-electron chi connectivity index (χ0n) is 12.3. The Morgan fingerprint density at radius 2 is 1.86 bits per heavy atom. The van der Waals surface area contributed by atoms with Crippen LogP contribution in [-0.4, -0.2) is 47.6 Å². The monoisotopic (exact) mass is 312 g/mol. The van der Waals surface area contributed by atoms with Crippen LogP contribution >= 0.6 is 11.6 Å². The summed E-state index contributed by atoms with van der Waals surface area (Å²) in [7, 11) is 0. The molecule has 1 aromatic rings. The van der Waals surface area contributed by atoms with Crippen molar-refractivity contribution >= 4 is 23.5 Å². The average molecular weight is 313 g/mol. The minimum atomic E-state index is -0.933. The Morgan fingerprint density at radius 3 is 2.38 bits per heavy atom. The van der Waals surface area contributed by atoms with Gasteiger partial charge in [0.15, 0.2) is 0 Å². The first-order chi connectivity index (χ1) is 9.88. The fourth-order valence-corrected chi connectivity index (χ4v) is 1.96. The Morgan fingerprint density at radius 1 is 1.24 bits per heavy atom. The van der Waals surface area contributed by atoms with E-state index in [0.717, 1.165) is 5.56 Å². The van der Waals surface area contributed by atoms with Crippen molar-refractivity contribution in [2.24, 2.45) is 0 Å². The number of nitrogens with one attached hydrogen (secondary N) is 1. The van der Waals surface area contributed by atoms with Crippen molar-refractivity contribution in [2.75, 3.05) is 19.6 Å². The minimum absolute atomic E-state index is 0.00288. The Bertz CT molecular complexity index is 474. The standard InChI is InChI=1S/C15H21ClN2O3/c1-11(2)18(10-15(20)21)9-14(19)17-8-7-12-3-5-13(16)6-4-12/h3-6,11H,7-10H2,1-2H3,(H,17,19)(H,20,21). The van der Waals surface area contributed by atoms with Gasteiger partial charge in [-0.2, -0.15) is 0 Å². The highest BCUT2D eigenvalue weighted by Crippen LogP contribution is 2.09. The molecule has 0 atom stereocenters. The number of carboxylic acids is 1. The molecule has 0 aliphatic carbocycles. The molecule has 0 fully saturated rings. The molecule has 1 amide bonds. The molecule has 0 unspecified atom stereocenters. The number of nitrogens with zero attached hydrogens (tertiary/aromatic N) is 1. The predicted octanol–water partition coefficient (Wildman–Crippen LogP) is 1.79. The lowest BCUT2D eigenvalue weighted by molar-refractivity contribution is -0.139. The fourth-order valence-electron chi connectivity index (χ4n) is 1.83. The highest BCUT2D eigenvalue weighted by Gasteiger charge is 2.16. The van der Waals surface area contributed by atoms with Gasteiger partial charge in [-0.15, -0.1) is 0 Å². The van der Waals surface area contributed by atoms with Crippen LogP contribution in [0.15, 0.2) is 24.3 Å². The third kappa shape index (κ3) is 7.11. The molecule has 6 heteroatoms. The van der Waals surface area contributed by atoms with Gasteiger partial charge in [0.25, 0.3) is 0 Å². The maximum Gasteiger partial charge on any atom is 0.317 e. The van der Waals surface area contributed by atoms with E-state index in [-0.39, 0.29) is 25.0 Å². The summed E-state index contributed by atoms with van der Waals surface area (Å²) in [4.78, 5) is 24.2. The van der Waals surface area contributed by atoms with E-state index in [1.54, 1.807) is 4.90 Å². The van der Waals surface area contributed by atoms with Gasteiger partial charge in [0.1, 0.15) is 0 Å². The van der Waals surface area contributed by atoms with Gasteiger partial charge < -0.3 is 10.4 Å². The first kappa shape index (κ1) is 17.5. The van der Waals surface area contributed by atoms with Crippen molar-refractivity contribution < 1.29 is 14.7 Å². The van der Waals surface area contributed by atoms with E-state index in [4.69, 9.17) is 16.7 Å². The highest BCUT2D eigenvalue weighted by molar-refractivity contribution is 6.30. The van der Waals surface area contributed by atoms with E-state index in [2.05, 4.69) is 5.32 Å². The van der Waals surface area contributed by atoms with Gasteiger partial charge in [0.2, 0.25) is 5.91 Å². The Labute approximate surface area is 129 Å². The molecule has 116 valence electrons. The number of carboxylic acid groups (broad SMARTS) is 1. The number of hydrogen-bond donors (Lipinski definition) is 2. The maximum absolute atomic E-state index is 11.8. The average Bonchev–Trinajstić information content (AvgIpc) is 2.39. The van der Waals surface area contributed by atoms with Gasteiger partial charge >= 0.3 is 5.97 Å². The van der Waals surface area contributed by atoms with Crippen LogP contribution < -0.4 is 5.32 Å². The van der Waals surface area contributed by atoms with Crippen LogP contribution in [0.25, 0.3) is 0 Å². The number of halogens is 1. The minimum Gasteiger partial charge on any atom is -0.480 e. The molecule has 5 nitrogen and oxygen atoms in total. The van der Waals surface area contributed by atoms with E-state index in [1.165, 1.54) is 0 Å². The van der Waals surface area contributed by atoms with Gasteiger partial charge in [-0.25, -0.2) is 0 Å². The molecule has 0 radical (unpaired) electrons. The van der Waals surface area contributed by atoms with Crippen molar-refractivity contribution in [3.05, 3.63) is 34.9 Å². The molecule has 0 saturated carbocycles. The molecule has 0 aliphatic heterocycles. The smallest absolute Gasteiger partial charge is 0.317 e. The van der Waals surface area contributed by atoms with E-state index >= 15 is 0 Å². The summed E-state index contributed by atoms with van der Waals surface area (Å²) in [5.41, 5.74) is 1.09. The molecule has 0 aromatic heterocycles. The number of aliphatic carboxylic acids is 1. The summed E-state index contributed by atoms with van der Waals surface area (Å²) in [5.74, 6) is -1.10. The molecule has 0 saturated heterocycles. The highest BCUT2D eigenvalue weighted by atomic mass is 35.5. The van der Waals surface area contributed by atoms with E-state index < -0.39 is 5.97 Å². The van der Waals surface area contributed by atoms with Crippen LogP contribution in [0.3, 0.4) is 0 Å². The Kier molecular flexibility index (Phi) is 7.19. The second kappa shape index (κ2) is 8.64. The lowest BCUT2D eigenvalue weighted by Crippen LogP contribution is -2.43. The van der Waals surface area contributed by atoms with E-state index in [1.807, 2.05) is 38.1 Å². The van der Waals surface area contributed by atoms with Crippen LogP contribution in [-0.2, 0) is 16.0 Å². The molecular formula is C15H21ClN2O3. The van der Waals surface area contributed by atoms with Gasteiger partial charge in [-0.1, -0.05) is 23.7 Å². The number of carbonyl (C=O) groups excluding carboxylic acids is 1. The lowest BCUT2D eigenvalue weighted by atomic mass is 10.1. The number of amides is 1. The molecule has 0 bridgehead atoms. The molecule has 0 heterocycles. The van der Waals surface area contributed by atoms with Gasteiger partial charge in [0.05, 0.1) is 13.1 Å². The van der Waals surface area contributed by atoms with Gasteiger partial charge in [-0.05, 0) is 38.0 Å². The van der Waals surface area contributed by atoms with Crippen molar-refractivity contribution in [3.63, 3.8) is 0 Å². The summed E-state index contributed by atoms with van der Waals surface area (Å²) in [6.45, 7) is 4.19. The quantitative estimate of drug-likeness (QED) is 0.768. The molecule has 21 heavy (non-hydrogen) atoms. The maximum atomic E-state index is 11.8. The van der Waals surface area contributed by atoms with Crippen molar-refractivity contribution in [3.8, 4) is 0 Å². The SMILES string of the molecule is CC(C)N(CC(=O)O)CC(=O)NCCc1ccc(Cl)cc1. The molecule has 1 rings (SSSR count). The van der Waals surface area contributed by atoms with E-state index in [0.29, 0.717) is 18.0 Å². The third-order valence-electron chi connectivity index (χ3n) is 3.06. The molecular weight excluding hydrogens is 292 g/mol. The number of carbonyl (C=O) groups is 2. The molecule has 1 aromatic carbocycles. The van der Waals surface area contributed by atoms with Crippen LogP contribution in [0.2, 0.25) is 5.02 Å². The number of hydrogen-bond acceptors (Lipinski definition) is 3. The first-order valence-electron chi connectivity index (χ1n) is 6.85. The lowest BCUT2D eigenvalue weighted by Gasteiger charge is -2.23. The Balaban J connectivity index is 2.35. The zero-order chi connectivity index (χ0) is 15.8. The molecule has 0 spiro atoms.